The lowest BCUT2D eigenvalue weighted by Crippen LogP contribution is -1.88. The van der Waals surface area contributed by atoms with Gasteiger partial charge in [-0.1, -0.05) is 30.3 Å². The van der Waals surface area contributed by atoms with Gasteiger partial charge in [0.2, 0.25) is 0 Å². The van der Waals surface area contributed by atoms with E-state index >= 15 is 0 Å². The summed E-state index contributed by atoms with van der Waals surface area (Å²) in [6.45, 7) is 0. The van der Waals surface area contributed by atoms with Gasteiger partial charge in [-0.05, 0) is 23.8 Å². The molecule has 1 aliphatic rings. The first-order valence-electron chi connectivity index (χ1n) is 6.75. The van der Waals surface area contributed by atoms with Gasteiger partial charge in [0.1, 0.15) is 12.0 Å². The van der Waals surface area contributed by atoms with Gasteiger partial charge in [-0.3, -0.25) is 0 Å². The lowest BCUT2D eigenvalue weighted by Gasteiger charge is -2.02. The van der Waals surface area contributed by atoms with Crippen LogP contribution in [0.4, 0.5) is 11.5 Å². The van der Waals surface area contributed by atoms with Crippen LogP contribution < -0.4 is 5.32 Å². The quantitative estimate of drug-likeness (QED) is 0.708. The molecule has 3 aromatic rings. The average molecular weight is 290 g/mol. The molecule has 0 N–H and O–H groups in total. The van der Waals surface area contributed by atoms with E-state index in [9.17, 15) is 0 Å². The maximum Gasteiger partial charge on any atom is 0.180 e. The van der Waals surface area contributed by atoms with Crippen LogP contribution in [0.1, 0.15) is 10.4 Å². The summed E-state index contributed by atoms with van der Waals surface area (Å²) >= 11 is 1.80. The molecule has 0 spiro atoms. The first-order chi connectivity index (χ1) is 10.4. The minimum Gasteiger partial charge on any atom is -0.235 e. The predicted molar refractivity (Wildman–Crippen MR) is 86.7 cm³/mol. The van der Waals surface area contributed by atoms with Crippen LogP contribution in [0.2, 0.25) is 0 Å². The standard InChI is InChI=1S/C17H12N3S/c1-2-4-12(5-3-1)10-13-6-7-15(21-13)14-8-9-18-17-16(14)19-11-20-17/h1-9,11H,10H2. The average Bonchev–Trinajstić information content (AvgIpc) is 3.16. The van der Waals surface area contributed by atoms with Crippen molar-refractivity contribution in [1.29, 1.82) is 0 Å². The van der Waals surface area contributed by atoms with Crippen molar-refractivity contribution >= 4 is 29.2 Å². The molecule has 3 nitrogen and oxygen atoms in total. The van der Waals surface area contributed by atoms with Crippen LogP contribution in [0.5, 0.6) is 0 Å². The molecule has 1 aliphatic heterocycles. The van der Waals surface area contributed by atoms with E-state index in [1.165, 1.54) is 15.3 Å². The molecule has 4 rings (SSSR count). The van der Waals surface area contributed by atoms with Crippen molar-refractivity contribution in [3.63, 3.8) is 0 Å². The Balaban J connectivity index is 1.66. The van der Waals surface area contributed by atoms with Crippen molar-refractivity contribution in [3.05, 3.63) is 65.2 Å². The van der Waals surface area contributed by atoms with Crippen LogP contribution >= 0.6 is 11.3 Å². The molecule has 0 amide bonds. The minimum absolute atomic E-state index is 0.713. The van der Waals surface area contributed by atoms with E-state index in [0.29, 0.717) is 5.82 Å². The summed E-state index contributed by atoms with van der Waals surface area (Å²) in [6, 6.07) is 16.9. The fraction of sp³-hybridized carbons (Fsp3) is 0.0588. The van der Waals surface area contributed by atoms with Gasteiger partial charge in [-0.15, -0.1) is 11.3 Å². The van der Waals surface area contributed by atoms with Gasteiger partial charge in [0.25, 0.3) is 0 Å². The Bertz CT molecular complexity index is 806. The van der Waals surface area contributed by atoms with Crippen LogP contribution in [-0.2, 0) is 6.42 Å². The molecule has 0 saturated carbocycles. The van der Waals surface area contributed by atoms with Crippen molar-refractivity contribution in [2.75, 3.05) is 0 Å². The van der Waals surface area contributed by atoms with Crippen molar-refractivity contribution in [2.45, 2.75) is 6.42 Å². The Labute approximate surface area is 127 Å². The summed E-state index contributed by atoms with van der Waals surface area (Å²) in [7, 11) is 0. The number of thiophene rings is 1. The monoisotopic (exact) mass is 290 g/mol. The molecule has 0 bridgehead atoms. The maximum absolute atomic E-state index is 4.32. The van der Waals surface area contributed by atoms with Crippen LogP contribution in [0.25, 0.3) is 10.4 Å². The van der Waals surface area contributed by atoms with Gasteiger partial charge in [-0.2, -0.15) is 0 Å². The number of fused-ring (bicyclic) bond motifs is 1. The smallest absolute Gasteiger partial charge is 0.180 e. The maximum atomic E-state index is 4.32. The third-order valence-corrected chi connectivity index (χ3v) is 4.54. The van der Waals surface area contributed by atoms with Crippen molar-refractivity contribution < 1.29 is 0 Å². The summed E-state index contributed by atoms with van der Waals surface area (Å²) in [5, 5.41) is 4.16. The molecular formula is C17H12N3S. The Morgan fingerprint density at radius 1 is 0.952 bits per heavy atom. The van der Waals surface area contributed by atoms with Gasteiger partial charge in [0.05, 0.1) is 0 Å². The number of pyridine rings is 1. The summed E-state index contributed by atoms with van der Waals surface area (Å²) in [5.41, 5.74) is 3.33. The highest BCUT2D eigenvalue weighted by molar-refractivity contribution is 7.15. The van der Waals surface area contributed by atoms with Gasteiger partial charge in [0.15, 0.2) is 5.82 Å². The summed E-state index contributed by atoms with van der Waals surface area (Å²) in [4.78, 5) is 11.1. The summed E-state index contributed by atoms with van der Waals surface area (Å²) in [6.07, 6.45) is 4.33. The van der Waals surface area contributed by atoms with E-state index < -0.39 is 0 Å². The second-order valence-corrected chi connectivity index (χ2v) is 6.00. The molecule has 2 aromatic heterocycles. The van der Waals surface area contributed by atoms with Crippen LogP contribution in [0.3, 0.4) is 0 Å². The van der Waals surface area contributed by atoms with Crippen molar-refractivity contribution in [3.8, 4) is 10.4 Å². The molecule has 0 unspecified atom stereocenters. The zero-order chi connectivity index (χ0) is 14.1. The Hall–Kier alpha value is -2.46. The first kappa shape index (κ1) is 12.3. The Morgan fingerprint density at radius 2 is 1.86 bits per heavy atom. The second-order valence-electron chi connectivity index (χ2n) is 4.83. The van der Waals surface area contributed by atoms with Gasteiger partial charge in [-0.25, -0.2) is 15.3 Å². The molecule has 4 heteroatoms. The molecule has 3 heterocycles. The molecule has 0 aliphatic carbocycles. The van der Waals surface area contributed by atoms with E-state index in [-0.39, 0.29) is 0 Å². The van der Waals surface area contributed by atoms with Gasteiger partial charge in [0, 0.05) is 27.9 Å². The number of hydrogen-bond donors (Lipinski definition) is 0. The highest BCUT2D eigenvalue weighted by Crippen LogP contribution is 2.40. The molecule has 0 fully saturated rings. The Kier molecular flexibility index (Phi) is 3.01. The fourth-order valence-corrected chi connectivity index (χ4v) is 3.49. The third-order valence-electron chi connectivity index (χ3n) is 3.42. The number of aliphatic imine (C=N–C) groups is 1. The highest BCUT2D eigenvalue weighted by atomic mass is 32.1. The first-order valence-corrected chi connectivity index (χ1v) is 7.57. The molecule has 0 saturated heterocycles. The van der Waals surface area contributed by atoms with E-state index in [0.717, 1.165) is 17.7 Å². The van der Waals surface area contributed by atoms with Crippen LogP contribution in [0, 0.1) is 0 Å². The van der Waals surface area contributed by atoms with Crippen LogP contribution in [0.15, 0.2) is 59.7 Å². The zero-order valence-corrected chi connectivity index (χ0v) is 12.0. The summed E-state index contributed by atoms with van der Waals surface area (Å²) in [5.74, 6) is 0.713. The molecule has 0 atom stereocenters. The molecular weight excluding hydrogens is 278 g/mol. The molecule has 1 radical (unpaired) electrons. The predicted octanol–water partition coefficient (Wildman–Crippen LogP) is 4.31. The van der Waals surface area contributed by atoms with E-state index in [1.54, 1.807) is 23.9 Å². The number of nitrogens with zero attached hydrogens (tertiary/aromatic N) is 3. The van der Waals surface area contributed by atoms with E-state index in [4.69, 9.17) is 0 Å². The van der Waals surface area contributed by atoms with Gasteiger partial charge >= 0.3 is 0 Å². The number of benzene rings is 1. The van der Waals surface area contributed by atoms with E-state index in [2.05, 4.69) is 51.7 Å². The van der Waals surface area contributed by atoms with Crippen LogP contribution in [-0.4, -0.2) is 11.3 Å². The van der Waals surface area contributed by atoms with E-state index in [1.807, 2.05) is 12.1 Å². The lowest BCUT2D eigenvalue weighted by atomic mass is 10.1. The SMILES string of the molecule is C1=Nc2c(-c3ccc(Cc4ccccc4)s3)ccnc2[N]1. The number of aromatic nitrogens is 1. The minimum atomic E-state index is 0.713. The molecule has 1 aromatic carbocycles. The second kappa shape index (κ2) is 5.14. The topological polar surface area (TPSA) is 39.4 Å². The molecule has 101 valence electrons. The Morgan fingerprint density at radius 3 is 2.76 bits per heavy atom. The molecule has 21 heavy (non-hydrogen) atoms. The number of hydrogen-bond acceptors (Lipinski definition) is 3. The van der Waals surface area contributed by atoms with Crippen molar-refractivity contribution in [2.24, 2.45) is 4.99 Å². The van der Waals surface area contributed by atoms with Gasteiger partial charge < -0.3 is 0 Å². The number of rotatable bonds is 3. The zero-order valence-electron chi connectivity index (χ0n) is 11.2. The fourth-order valence-electron chi connectivity index (χ4n) is 2.42. The lowest BCUT2D eigenvalue weighted by molar-refractivity contribution is 1.20. The summed E-state index contributed by atoms with van der Waals surface area (Å²) < 4.78 is 0. The largest absolute Gasteiger partial charge is 0.235 e. The highest BCUT2D eigenvalue weighted by Gasteiger charge is 2.16. The van der Waals surface area contributed by atoms with Crippen molar-refractivity contribution in [1.82, 2.24) is 10.3 Å². The third kappa shape index (κ3) is 2.34. The normalized spacial score (nSPS) is 12.2.